The Kier molecular flexibility index (Phi) is 7.38. The van der Waals surface area contributed by atoms with Gasteiger partial charge in [0.25, 0.3) is 5.91 Å². The monoisotopic (exact) mass is 454 g/mol. The SMILES string of the molecule is Cl.O=C1N=C(N2CCCCN2)S/C1=C/c1cc(F)ccc1C1CCCCN1C(=O)O. The maximum atomic E-state index is 14.0. The van der Waals surface area contributed by atoms with Gasteiger partial charge in [0.05, 0.1) is 10.9 Å². The summed E-state index contributed by atoms with van der Waals surface area (Å²) in [6.07, 6.45) is 5.17. The van der Waals surface area contributed by atoms with Crippen LogP contribution >= 0.6 is 24.2 Å². The minimum atomic E-state index is -0.981. The van der Waals surface area contributed by atoms with Crippen LogP contribution in [0.2, 0.25) is 0 Å². The molecule has 2 N–H and O–H groups in total. The number of nitrogens with zero attached hydrogens (tertiary/aromatic N) is 3. The lowest BCUT2D eigenvalue weighted by molar-refractivity contribution is -0.113. The van der Waals surface area contributed by atoms with E-state index in [2.05, 4.69) is 10.4 Å². The molecule has 1 unspecified atom stereocenters. The minimum Gasteiger partial charge on any atom is -0.465 e. The normalized spacial score (nSPS) is 23.4. The number of carboxylic acid groups (broad SMARTS) is 1. The molecular formula is C20H24ClFN4O3S. The third-order valence-electron chi connectivity index (χ3n) is 5.39. The number of piperidine rings is 1. The van der Waals surface area contributed by atoms with Crippen molar-refractivity contribution in [3.8, 4) is 0 Å². The van der Waals surface area contributed by atoms with Crippen LogP contribution in [0.15, 0.2) is 28.1 Å². The Bertz CT molecular complexity index is 889. The molecule has 10 heteroatoms. The van der Waals surface area contributed by atoms with Gasteiger partial charge < -0.3 is 10.0 Å². The average Bonchev–Trinajstić information content (AvgIpc) is 3.09. The van der Waals surface area contributed by atoms with Crippen molar-refractivity contribution in [2.24, 2.45) is 4.99 Å². The molecule has 0 bridgehead atoms. The van der Waals surface area contributed by atoms with Crippen molar-refractivity contribution in [3.63, 3.8) is 0 Å². The highest BCUT2D eigenvalue weighted by molar-refractivity contribution is 8.18. The highest BCUT2D eigenvalue weighted by Crippen LogP contribution is 2.36. The molecule has 0 aliphatic carbocycles. The van der Waals surface area contributed by atoms with Crippen LogP contribution in [0, 0.1) is 5.82 Å². The number of hydrazine groups is 1. The number of carbonyl (C=O) groups is 2. The van der Waals surface area contributed by atoms with Crippen LogP contribution in [0.25, 0.3) is 6.08 Å². The first-order valence-electron chi connectivity index (χ1n) is 9.85. The Morgan fingerprint density at radius 2 is 2.07 bits per heavy atom. The molecular weight excluding hydrogens is 431 g/mol. The fourth-order valence-electron chi connectivity index (χ4n) is 3.96. The first-order chi connectivity index (χ1) is 14.0. The number of benzene rings is 1. The van der Waals surface area contributed by atoms with Crippen molar-refractivity contribution in [2.45, 2.75) is 38.1 Å². The van der Waals surface area contributed by atoms with E-state index in [-0.39, 0.29) is 24.4 Å². The fourth-order valence-corrected chi connectivity index (χ4v) is 4.87. The summed E-state index contributed by atoms with van der Waals surface area (Å²) in [5.74, 6) is -0.779. The van der Waals surface area contributed by atoms with Crippen molar-refractivity contribution in [1.82, 2.24) is 15.3 Å². The zero-order valence-electron chi connectivity index (χ0n) is 16.3. The zero-order valence-corrected chi connectivity index (χ0v) is 18.0. The number of likely N-dealkylation sites (tertiary alicyclic amines) is 1. The maximum absolute atomic E-state index is 14.0. The smallest absolute Gasteiger partial charge is 0.407 e. The van der Waals surface area contributed by atoms with Crippen molar-refractivity contribution >= 4 is 47.4 Å². The molecule has 4 rings (SSSR count). The Morgan fingerprint density at radius 3 is 2.80 bits per heavy atom. The molecule has 1 aromatic rings. The second-order valence-corrected chi connectivity index (χ2v) is 8.35. The fraction of sp³-hybridized carbons (Fsp3) is 0.450. The van der Waals surface area contributed by atoms with Gasteiger partial charge in [-0.1, -0.05) is 6.07 Å². The van der Waals surface area contributed by atoms with Gasteiger partial charge in [-0.2, -0.15) is 4.99 Å². The maximum Gasteiger partial charge on any atom is 0.407 e. The van der Waals surface area contributed by atoms with Gasteiger partial charge in [-0.15, -0.1) is 12.4 Å². The summed E-state index contributed by atoms with van der Waals surface area (Å²) >= 11 is 1.26. The van der Waals surface area contributed by atoms with E-state index in [0.717, 1.165) is 44.3 Å². The molecule has 2 saturated heterocycles. The van der Waals surface area contributed by atoms with E-state index in [1.54, 1.807) is 12.1 Å². The van der Waals surface area contributed by atoms with E-state index in [1.807, 2.05) is 5.01 Å². The topological polar surface area (TPSA) is 85.2 Å². The molecule has 1 atom stereocenters. The molecule has 3 aliphatic rings. The highest BCUT2D eigenvalue weighted by atomic mass is 35.5. The Balaban J connectivity index is 0.00000256. The molecule has 0 saturated carbocycles. The first kappa shape index (κ1) is 22.6. The molecule has 30 heavy (non-hydrogen) atoms. The Morgan fingerprint density at radius 1 is 1.27 bits per heavy atom. The molecule has 2 amide bonds. The molecule has 162 valence electrons. The summed E-state index contributed by atoms with van der Waals surface area (Å²) < 4.78 is 14.0. The number of thioether (sulfide) groups is 1. The molecule has 0 radical (unpaired) electrons. The van der Waals surface area contributed by atoms with Crippen molar-refractivity contribution < 1.29 is 19.1 Å². The van der Waals surface area contributed by atoms with Crippen LogP contribution in [0.4, 0.5) is 9.18 Å². The van der Waals surface area contributed by atoms with E-state index in [1.165, 1.54) is 28.8 Å². The zero-order chi connectivity index (χ0) is 20.4. The standard InChI is InChI=1S/C20H23FN4O3S.ClH/c21-14-6-7-15(16-5-1-3-9-24(16)20(27)28)13(11-14)12-17-18(26)23-19(29-17)25-10-4-2-8-22-25;/h6-7,11-12,16,22H,1-5,8-10H2,(H,27,28);1H/b17-12+;. The summed E-state index contributed by atoms with van der Waals surface area (Å²) in [7, 11) is 0. The van der Waals surface area contributed by atoms with Gasteiger partial charge in [-0.3, -0.25) is 9.80 Å². The van der Waals surface area contributed by atoms with Gasteiger partial charge in [-0.25, -0.2) is 14.6 Å². The number of rotatable bonds is 2. The summed E-state index contributed by atoms with van der Waals surface area (Å²) in [5, 5.41) is 12.1. The second kappa shape index (κ2) is 9.80. The lowest BCUT2D eigenvalue weighted by Gasteiger charge is -2.34. The van der Waals surface area contributed by atoms with Gasteiger partial charge in [0.1, 0.15) is 5.82 Å². The molecule has 3 aliphatic heterocycles. The number of hydrogen-bond donors (Lipinski definition) is 2. The third kappa shape index (κ3) is 4.79. The molecule has 2 fully saturated rings. The summed E-state index contributed by atoms with van der Waals surface area (Å²) in [6, 6.07) is 3.99. The number of hydrogen-bond acceptors (Lipinski definition) is 5. The number of nitrogens with one attached hydrogen (secondary N) is 1. The van der Waals surface area contributed by atoms with Gasteiger partial charge in [0, 0.05) is 19.6 Å². The van der Waals surface area contributed by atoms with Crippen LogP contribution in [-0.4, -0.2) is 51.8 Å². The van der Waals surface area contributed by atoms with Gasteiger partial charge in [-0.05, 0) is 73.2 Å². The van der Waals surface area contributed by atoms with Crippen molar-refractivity contribution in [1.29, 1.82) is 0 Å². The van der Waals surface area contributed by atoms with Gasteiger partial charge in [0.15, 0.2) is 5.17 Å². The van der Waals surface area contributed by atoms with Crippen molar-refractivity contribution in [3.05, 3.63) is 40.0 Å². The van der Waals surface area contributed by atoms with Crippen LogP contribution in [0.3, 0.4) is 0 Å². The Hall–Kier alpha value is -2.10. The highest BCUT2D eigenvalue weighted by Gasteiger charge is 2.31. The Labute approximate surface area is 184 Å². The van der Waals surface area contributed by atoms with Crippen LogP contribution in [0.1, 0.15) is 49.3 Å². The first-order valence-corrected chi connectivity index (χ1v) is 10.7. The van der Waals surface area contributed by atoms with Gasteiger partial charge in [0.2, 0.25) is 0 Å². The molecule has 1 aromatic carbocycles. The largest absolute Gasteiger partial charge is 0.465 e. The number of amides is 2. The average molecular weight is 455 g/mol. The van der Waals surface area contributed by atoms with E-state index in [4.69, 9.17) is 0 Å². The second-order valence-electron chi connectivity index (χ2n) is 7.34. The van der Waals surface area contributed by atoms with Gasteiger partial charge >= 0.3 is 6.09 Å². The minimum absolute atomic E-state index is 0. The number of aliphatic imine (C=N–C) groups is 1. The molecule has 7 nitrogen and oxygen atoms in total. The predicted octanol–water partition coefficient (Wildman–Crippen LogP) is 4.02. The summed E-state index contributed by atoms with van der Waals surface area (Å²) in [5.41, 5.74) is 4.48. The lowest BCUT2D eigenvalue weighted by atomic mass is 9.91. The third-order valence-corrected chi connectivity index (χ3v) is 6.40. The lowest BCUT2D eigenvalue weighted by Crippen LogP contribution is -2.45. The summed E-state index contributed by atoms with van der Waals surface area (Å²) in [4.78, 5) is 30.1. The number of halogens is 2. The summed E-state index contributed by atoms with van der Waals surface area (Å²) in [6.45, 7) is 2.08. The quantitative estimate of drug-likeness (QED) is 0.656. The predicted molar refractivity (Wildman–Crippen MR) is 117 cm³/mol. The number of amidine groups is 1. The van der Waals surface area contributed by atoms with E-state index < -0.39 is 11.9 Å². The van der Waals surface area contributed by atoms with E-state index >= 15 is 0 Å². The number of carbonyl (C=O) groups excluding carboxylic acids is 1. The molecule has 0 spiro atoms. The van der Waals surface area contributed by atoms with E-state index in [9.17, 15) is 19.1 Å². The van der Waals surface area contributed by atoms with Crippen LogP contribution in [0.5, 0.6) is 0 Å². The molecule has 0 aromatic heterocycles. The van der Waals surface area contributed by atoms with Crippen LogP contribution in [-0.2, 0) is 4.79 Å². The van der Waals surface area contributed by atoms with Crippen molar-refractivity contribution in [2.75, 3.05) is 19.6 Å². The van der Waals surface area contributed by atoms with E-state index in [0.29, 0.717) is 28.6 Å². The van der Waals surface area contributed by atoms with Crippen LogP contribution < -0.4 is 5.43 Å². The molecule has 3 heterocycles.